The van der Waals surface area contributed by atoms with Gasteiger partial charge in [-0.25, -0.2) is 18.4 Å². The van der Waals surface area contributed by atoms with E-state index in [1.807, 2.05) is 0 Å². The molecule has 0 saturated carbocycles. The molecule has 1 heterocycles. The van der Waals surface area contributed by atoms with Crippen molar-refractivity contribution in [2.75, 3.05) is 24.3 Å². The summed E-state index contributed by atoms with van der Waals surface area (Å²) in [5.74, 6) is 0.259. The number of amides is 1. The molecule has 1 amide bonds. The van der Waals surface area contributed by atoms with Gasteiger partial charge in [0.2, 0.25) is 0 Å². The lowest BCUT2D eigenvalue weighted by molar-refractivity contribution is 0.102. The second-order valence-electron chi connectivity index (χ2n) is 5.78. The van der Waals surface area contributed by atoms with Crippen LogP contribution in [-0.4, -0.2) is 38.5 Å². The molecule has 0 radical (unpaired) electrons. The topological polar surface area (TPSA) is 120 Å². The highest BCUT2D eigenvalue weighted by Crippen LogP contribution is 2.29. The maximum atomic E-state index is 12.9. The van der Waals surface area contributed by atoms with Gasteiger partial charge in [-0.2, -0.15) is 0 Å². The number of benzene rings is 2. The van der Waals surface area contributed by atoms with Crippen LogP contribution in [0, 0.1) is 0 Å². The van der Waals surface area contributed by atoms with E-state index in [1.165, 1.54) is 51.1 Å². The molecule has 1 aromatic heterocycles. The Balaban J connectivity index is 1.88. The normalized spacial score (nSPS) is 10.8. The Morgan fingerprint density at radius 3 is 2.21 bits per heavy atom. The van der Waals surface area contributed by atoms with Gasteiger partial charge in [0.1, 0.15) is 22.7 Å². The van der Waals surface area contributed by atoms with Gasteiger partial charge < -0.3 is 14.8 Å². The van der Waals surface area contributed by atoms with E-state index in [1.54, 1.807) is 24.3 Å². The summed E-state index contributed by atoms with van der Waals surface area (Å²) in [6.45, 7) is 0. The van der Waals surface area contributed by atoms with E-state index >= 15 is 0 Å². The van der Waals surface area contributed by atoms with Crippen LogP contribution in [0.1, 0.15) is 10.4 Å². The highest BCUT2D eigenvalue weighted by Gasteiger charge is 2.21. The third kappa shape index (κ3) is 4.79. The third-order valence-electron chi connectivity index (χ3n) is 3.88. The van der Waals surface area contributed by atoms with Crippen LogP contribution in [0.25, 0.3) is 0 Å². The fourth-order valence-electron chi connectivity index (χ4n) is 2.45. The summed E-state index contributed by atoms with van der Waals surface area (Å²) in [4.78, 5) is 19.7. The molecule has 0 saturated heterocycles. The summed E-state index contributed by atoms with van der Waals surface area (Å²) in [6.07, 6.45) is 4.02. The third-order valence-corrected chi connectivity index (χ3v) is 5.28. The molecule has 2 N–H and O–H groups in total. The number of anilines is 2. The number of nitrogens with zero attached hydrogens (tertiary/aromatic N) is 2. The molecule has 0 aliphatic heterocycles. The largest absolute Gasteiger partial charge is 0.497 e. The van der Waals surface area contributed by atoms with E-state index in [2.05, 4.69) is 20.0 Å². The van der Waals surface area contributed by atoms with Crippen LogP contribution < -0.4 is 19.5 Å². The Bertz CT molecular complexity index is 1100. The van der Waals surface area contributed by atoms with Crippen molar-refractivity contribution in [2.24, 2.45) is 0 Å². The molecule has 3 rings (SSSR count). The highest BCUT2D eigenvalue weighted by atomic mass is 32.2. The molecule has 0 aliphatic rings. The van der Waals surface area contributed by atoms with E-state index in [0.29, 0.717) is 11.4 Å². The van der Waals surface area contributed by atoms with Crippen LogP contribution in [0.2, 0.25) is 0 Å². The molecular formula is C19H18N4O5S. The number of ether oxygens (including phenoxy) is 2. The van der Waals surface area contributed by atoms with Crippen LogP contribution in [0.5, 0.6) is 11.5 Å². The van der Waals surface area contributed by atoms with E-state index in [9.17, 15) is 13.2 Å². The Labute approximate surface area is 167 Å². The second kappa shape index (κ2) is 8.57. The zero-order valence-electron chi connectivity index (χ0n) is 15.6. The molecule has 10 heteroatoms. The first-order valence-corrected chi connectivity index (χ1v) is 9.82. The van der Waals surface area contributed by atoms with Gasteiger partial charge >= 0.3 is 0 Å². The molecule has 0 unspecified atom stereocenters. The van der Waals surface area contributed by atoms with Crippen molar-refractivity contribution < 1.29 is 22.7 Å². The molecule has 0 fully saturated rings. The van der Waals surface area contributed by atoms with Gasteiger partial charge in [-0.15, -0.1) is 0 Å². The van der Waals surface area contributed by atoms with Crippen LogP contribution in [0.3, 0.4) is 0 Å². The number of rotatable bonds is 7. The molecule has 2 aromatic carbocycles. The SMILES string of the molecule is COc1ccc(NS(=O)(=O)c2cc(NC(=O)c3cncnc3)ccc2OC)cc1. The summed E-state index contributed by atoms with van der Waals surface area (Å²) in [6, 6.07) is 10.7. The summed E-state index contributed by atoms with van der Waals surface area (Å²) >= 11 is 0. The van der Waals surface area contributed by atoms with Crippen molar-refractivity contribution in [3.05, 3.63) is 66.7 Å². The first-order chi connectivity index (χ1) is 13.9. The molecule has 0 bridgehead atoms. The molecule has 0 aliphatic carbocycles. The van der Waals surface area contributed by atoms with E-state index < -0.39 is 15.9 Å². The monoisotopic (exact) mass is 414 g/mol. The maximum Gasteiger partial charge on any atom is 0.265 e. The average molecular weight is 414 g/mol. The van der Waals surface area contributed by atoms with Crippen molar-refractivity contribution >= 4 is 27.3 Å². The molecule has 0 spiro atoms. The lowest BCUT2D eigenvalue weighted by Gasteiger charge is -2.14. The first kappa shape index (κ1) is 20.1. The van der Waals surface area contributed by atoms with Gasteiger partial charge in [0.05, 0.1) is 19.8 Å². The highest BCUT2D eigenvalue weighted by molar-refractivity contribution is 7.92. The Morgan fingerprint density at radius 2 is 1.59 bits per heavy atom. The summed E-state index contributed by atoms with van der Waals surface area (Å²) in [5.41, 5.74) is 0.863. The molecule has 3 aromatic rings. The van der Waals surface area contributed by atoms with Crippen molar-refractivity contribution in [1.29, 1.82) is 0 Å². The van der Waals surface area contributed by atoms with Gasteiger partial charge in [0.15, 0.2) is 0 Å². The number of sulfonamides is 1. The number of carbonyl (C=O) groups excluding carboxylic acids is 1. The molecule has 29 heavy (non-hydrogen) atoms. The Kier molecular flexibility index (Phi) is 5.93. The number of aromatic nitrogens is 2. The van der Waals surface area contributed by atoms with Crippen LogP contribution in [0.15, 0.2) is 66.1 Å². The minimum absolute atomic E-state index is 0.127. The quantitative estimate of drug-likeness (QED) is 0.610. The van der Waals surface area contributed by atoms with Gasteiger partial charge in [-0.05, 0) is 42.5 Å². The summed E-state index contributed by atoms with van der Waals surface area (Å²) in [5, 5.41) is 2.62. The summed E-state index contributed by atoms with van der Waals surface area (Å²) < 4.78 is 38.5. The fraction of sp³-hybridized carbons (Fsp3) is 0.105. The number of methoxy groups -OCH3 is 2. The number of carbonyl (C=O) groups is 1. The van der Waals surface area contributed by atoms with Gasteiger partial charge in [0, 0.05) is 23.8 Å². The van der Waals surface area contributed by atoms with Gasteiger partial charge in [0.25, 0.3) is 15.9 Å². The van der Waals surface area contributed by atoms with Crippen LogP contribution in [0.4, 0.5) is 11.4 Å². The van der Waals surface area contributed by atoms with E-state index in [-0.39, 0.29) is 21.9 Å². The van der Waals surface area contributed by atoms with Crippen LogP contribution in [-0.2, 0) is 10.0 Å². The predicted octanol–water partition coefficient (Wildman–Crippen LogP) is 2.55. The van der Waals surface area contributed by atoms with Gasteiger partial charge in [-0.1, -0.05) is 0 Å². The van der Waals surface area contributed by atoms with Crippen molar-refractivity contribution in [3.8, 4) is 11.5 Å². The minimum atomic E-state index is -3.99. The Morgan fingerprint density at radius 1 is 0.931 bits per heavy atom. The van der Waals surface area contributed by atoms with Crippen molar-refractivity contribution in [1.82, 2.24) is 9.97 Å². The zero-order valence-corrected chi connectivity index (χ0v) is 16.4. The fourth-order valence-corrected chi connectivity index (χ4v) is 3.71. The molecule has 0 atom stereocenters. The zero-order chi connectivity index (χ0) is 20.9. The van der Waals surface area contributed by atoms with Crippen molar-refractivity contribution in [3.63, 3.8) is 0 Å². The number of nitrogens with one attached hydrogen (secondary N) is 2. The smallest absolute Gasteiger partial charge is 0.265 e. The van der Waals surface area contributed by atoms with E-state index in [4.69, 9.17) is 9.47 Å². The molecule has 9 nitrogen and oxygen atoms in total. The Hall–Kier alpha value is -3.66. The van der Waals surface area contributed by atoms with Crippen LogP contribution >= 0.6 is 0 Å². The van der Waals surface area contributed by atoms with Gasteiger partial charge in [-0.3, -0.25) is 9.52 Å². The molecular weight excluding hydrogens is 396 g/mol. The van der Waals surface area contributed by atoms with Crippen molar-refractivity contribution in [2.45, 2.75) is 4.90 Å². The second-order valence-corrected chi connectivity index (χ2v) is 7.43. The van der Waals surface area contributed by atoms with E-state index in [0.717, 1.165) is 0 Å². The lowest BCUT2D eigenvalue weighted by Crippen LogP contribution is -2.16. The average Bonchev–Trinajstić information content (AvgIpc) is 2.74. The standard InChI is InChI=1S/C19H18N4O5S/c1-27-16-6-3-14(4-7-16)23-29(25,26)18-9-15(5-8-17(18)28-2)22-19(24)13-10-20-12-21-11-13/h3-12,23H,1-2H3,(H,22,24). The number of hydrogen-bond donors (Lipinski definition) is 2. The first-order valence-electron chi connectivity index (χ1n) is 8.34. The minimum Gasteiger partial charge on any atom is -0.497 e. The summed E-state index contributed by atoms with van der Waals surface area (Å²) in [7, 11) is -1.11. The molecule has 150 valence electrons. The maximum absolute atomic E-state index is 12.9. The lowest BCUT2D eigenvalue weighted by atomic mass is 10.2. The number of hydrogen-bond acceptors (Lipinski definition) is 7. The predicted molar refractivity (Wildman–Crippen MR) is 107 cm³/mol.